The number of ketones is 1. The molecule has 1 fully saturated rings. The van der Waals surface area contributed by atoms with Gasteiger partial charge in [0.15, 0.2) is 16.6 Å². The van der Waals surface area contributed by atoms with Crippen molar-refractivity contribution in [3.8, 4) is 17.2 Å². The van der Waals surface area contributed by atoms with Gasteiger partial charge in [-0.05, 0) is 80.6 Å². The van der Waals surface area contributed by atoms with Gasteiger partial charge in [0.1, 0.15) is 23.0 Å². The van der Waals surface area contributed by atoms with Gasteiger partial charge in [0.25, 0.3) is 5.78 Å². The largest absolute Gasteiger partial charge is 0.507 e. The third-order valence-corrected chi connectivity index (χ3v) is 9.11. The van der Waals surface area contributed by atoms with Crippen molar-refractivity contribution in [1.29, 1.82) is 0 Å². The van der Waals surface area contributed by atoms with Gasteiger partial charge in [-0.3, -0.25) is 14.5 Å². The van der Waals surface area contributed by atoms with E-state index in [1.54, 1.807) is 56.3 Å². The molecule has 1 atom stereocenters. The van der Waals surface area contributed by atoms with Crippen LogP contribution in [0.15, 0.2) is 72.3 Å². The summed E-state index contributed by atoms with van der Waals surface area (Å²) in [6, 6.07) is 18.7. The van der Waals surface area contributed by atoms with Gasteiger partial charge in [-0.2, -0.15) is 0 Å². The molecule has 1 saturated heterocycles. The molecule has 256 valence electrons. The molecular formula is C38H40N2O8S. The Labute approximate surface area is 289 Å². The predicted molar refractivity (Wildman–Crippen MR) is 187 cm³/mol. The zero-order valence-corrected chi connectivity index (χ0v) is 29.3. The molecule has 10 nitrogen and oxygen atoms in total. The fourth-order valence-electron chi connectivity index (χ4n) is 5.43. The zero-order valence-electron chi connectivity index (χ0n) is 28.4. The third-order valence-electron chi connectivity index (χ3n) is 7.97. The maximum absolute atomic E-state index is 13.8. The van der Waals surface area contributed by atoms with E-state index < -0.39 is 23.7 Å². The summed E-state index contributed by atoms with van der Waals surface area (Å²) in [5.74, 6) is -0.839. The minimum Gasteiger partial charge on any atom is -0.507 e. The minimum atomic E-state index is -1.10. The molecule has 1 aliphatic heterocycles. The number of hydrogen-bond donors (Lipinski definition) is 1. The molecule has 1 N–H and O–H groups in total. The number of rotatable bonds is 13. The van der Waals surface area contributed by atoms with Crippen LogP contribution in [-0.2, 0) is 20.9 Å². The van der Waals surface area contributed by atoms with Crippen molar-refractivity contribution in [3.05, 3.63) is 105 Å². The number of aliphatic hydroxyl groups is 1. The average molecular weight is 685 g/mol. The van der Waals surface area contributed by atoms with Crippen molar-refractivity contribution in [2.45, 2.75) is 53.7 Å². The summed E-state index contributed by atoms with van der Waals surface area (Å²) >= 11 is 0.942. The van der Waals surface area contributed by atoms with Crippen LogP contribution in [0.4, 0.5) is 5.13 Å². The van der Waals surface area contributed by atoms with Crippen LogP contribution in [0.1, 0.15) is 70.9 Å². The van der Waals surface area contributed by atoms with Crippen LogP contribution in [-0.4, -0.2) is 48.1 Å². The lowest BCUT2D eigenvalue weighted by Crippen LogP contribution is -2.29. The third kappa shape index (κ3) is 7.78. The van der Waals surface area contributed by atoms with Crippen LogP contribution < -0.4 is 19.1 Å². The van der Waals surface area contributed by atoms with E-state index in [0.29, 0.717) is 53.2 Å². The number of nitrogens with zero attached hydrogens (tertiary/aromatic N) is 2. The molecule has 3 aromatic carbocycles. The van der Waals surface area contributed by atoms with Crippen LogP contribution >= 0.6 is 11.3 Å². The molecule has 1 unspecified atom stereocenters. The first-order valence-corrected chi connectivity index (χ1v) is 16.9. The standard InChI is InChI=1S/C38H40N2O8S/c1-7-46-37(44)35-24(5)39-38(49-35)40-32(27-13-16-29(30(20-27)45-6)47-18-17-22(2)3)31(34(42)36(40)43)33(41)26-11-14-28(15-12-26)48-21-25-10-8-9-23(4)19-25/h8-16,19-20,22,32,41H,7,17-18,21H2,1-6H3/b33-31+. The number of methoxy groups -OCH3 is 1. The topological polar surface area (TPSA) is 124 Å². The number of esters is 1. The fraction of sp³-hybridized carbons (Fsp3) is 0.316. The van der Waals surface area contributed by atoms with E-state index in [0.717, 1.165) is 28.9 Å². The van der Waals surface area contributed by atoms with Crippen LogP contribution in [0, 0.1) is 19.8 Å². The molecule has 0 saturated carbocycles. The molecule has 0 aliphatic carbocycles. The van der Waals surface area contributed by atoms with Crippen molar-refractivity contribution in [2.75, 3.05) is 25.2 Å². The maximum atomic E-state index is 13.8. The monoisotopic (exact) mass is 684 g/mol. The number of aryl methyl sites for hydroxylation is 2. The highest BCUT2D eigenvalue weighted by Crippen LogP contribution is 2.45. The molecule has 1 aliphatic rings. The number of benzene rings is 3. The SMILES string of the molecule is CCOC(=O)c1sc(N2C(=O)C(=O)/C(=C(/O)c3ccc(OCc4cccc(C)c4)cc3)C2c2ccc(OCCC(C)C)c(OC)c2)nc1C. The highest BCUT2D eigenvalue weighted by Gasteiger charge is 2.48. The second-order valence-electron chi connectivity index (χ2n) is 12.0. The molecule has 11 heteroatoms. The number of carbonyl (C=O) groups is 3. The molecule has 1 amide bonds. The second kappa shape index (κ2) is 15.4. The van der Waals surface area contributed by atoms with Crippen molar-refractivity contribution in [3.63, 3.8) is 0 Å². The first-order valence-electron chi connectivity index (χ1n) is 16.1. The van der Waals surface area contributed by atoms with Gasteiger partial charge in [-0.1, -0.05) is 61.1 Å². The van der Waals surface area contributed by atoms with E-state index in [9.17, 15) is 19.5 Å². The number of thiazole rings is 1. The Kier molecular flexibility index (Phi) is 11.0. The molecule has 0 bridgehead atoms. The Morgan fingerprint density at radius 1 is 1.00 bits per heavy atom. The van der Waals surface area contributed by atoms with Crippen LogP contribution in [0.2, 0.25) is 0 Å². The number of hydrogen-bond acceptors (Lipinski definition) is 10. The van der Waals surface area contributed by atoms with Crippen LogP contribution in [0.25, 0.3) is 5.76 Å². The summed E-state index contributed by atoms with van der Waals surface area (Å²) in [4.78, 5) is 46.1. The molecule has 5 rings (SSSR count). The summed E-state index contributed by atoms with van der Waals surface area (Å²) in [5.41, 5.74) is 3.14. The van der Waals surface area contributed by atoms with E-state index in [-0.39, 0.29) is 27.9 Å². The molecule has 2 heterocycles. The van der Waals surface area contributed by atoms with Gasteiger partial charge in [0, 0.05) is 5.56 Å². The summed E-state index contributed by atoms with van der Waals surface area (Å²) in [6.07, 6.45) is 0.840. The zero-order chi connectivity index (χ0) is 35.2. The van der Waals surface area contributed by atoms with Crippen LogP contribution in [0.5, 0.6) is 17.2 Å². The van der Waals surface area contributed by atoms with Crippen molar-refractivity contribution in [1.82, 2.24) is 4.98 Å². The Balaban J connectivity index is 1.55. The van der Waals surface area contributed by atoms with Gasteiger partial charge in [-0.25, -0.2) is 9.78 Å². The van der Waals surface area contributed by atoms with Gasteiger partial charge in [0.05, 0.1) is 37.6 Å². The molecule has 49 heavy (non-hydrogen) atoms. The highest BCUT2D eigenvalue weighted by molar-refractivity contribution is 7.17. The summed E-state index contributed by atoms with van der Waals surface area (Å²) in [6.45, 7) is 10.5. The van der Waals surface area contributed by atoms with Crippen molar-refractivity contribution < 1.29 is 38.4 Å². The van der Waals surface area contributed by atoms with E-state index in [1.807, 2.05) is 31.2 Å². The van der Waals surface area contributed by atoms with E-state index in [4.69, 9.17) is 18.9 Å². The lowest BCUT2D eigenvalue weighted by molar-refractivity contribution is -0.132. The first-order chi connectivity index (χ1) is 23.5. The van der Waals surface area contributed by atoms with E-state index in [2.05, 4.69) is 18.8 Å². The van der Waals surface area contributed by atoms with Gasteiger partial charge < -0.3 is 24.1 Å². The summed E-state index contributed by atoms with van der Waals surface area (Å²) in [5, 5.41) is 11.8. The number of amides is 1. The Morgan fingerprint density at radius 3 is 2.43 bits per heavy atom. The Bertz CT molecular complexity index is 1880. The van der Waals surface area contributed by atoms with Gasteiger partial charge in [0.2, 0.25) is 0 Å². The number of carbonyl (C=O) groups excluding carboxylic acids is 3. The van der Waals surface area contributed by atoms with E-state index in [1.165, 1.54) is 12.0 Å². The summed E-state index contributed by atoms with van der Waals surface area (Å²) in [7, 11) is 1.50. The maximum Gasteiger partial charge on any atom is 0.350 e. The normalized spacial score (nSPS) is 15.5. The van der Waals surface area contributed by atoms with E-state index >= 15 is 0 Å². The van der Waals surface area contributed by atoms with Crippen molar-refractivity contribution in [2.24, 2.45) is 5.92 Å². The fourth-order valence-corrected chi connectivity index (χ4v) is 6.42. The number of Topliss-reactive ketones (excluding diaryl/α,β-unsaturated/α-hetero) is 1. The second-order valence-corrected chi connectivity index (χ2v) is 13.0. The average Bonchev–Trinajstić information content (AvgIpc) is 3.59. The van der Waals surface area contributed by atoms with Gasteiger partial charge in [-0.15, -0.1) is 0 Å². The summed E-state index contributed by atoms with van der Waals surface area (Å²) < 4.78 is 22.8. The number of ether oxygens (including phenoxy) is 4. The quantitative estimate of drug-likeness (QED) is 0.0657. The molecule has 4 aromatic rings. The predicted octanol–water partition coefficient (Wildman–Crippen LogP) is 7.58. The molecule has 0 radical (unpaired) electrons. The molecule has 1 aromatic heterocycles. The Morgan fingerprint density at radius 2 is 1.76 bits per heavy atom. The number of anilines is 1. The highest BCUT2D eigenvalue weighted by atomic mass is 32.1. The first kappa shape index (κ1) is 35.2. The van der Waals surface area contributed by atoms with Gasteiger partial charge >= 0.3 is 11.9 Å². The molecular weight excluding hydrogens is 644 g/mol. The van der Waals surface area contributed by atoms with Crippen LogP contribution in [0.3, 0.4) is 0 Å². The number of aromatic nitrogens is 1. The van der Waals surface area contributed by atoms with Crippen molar-refractivity contribution >= 4 is 39.9 Å². The minimum absolute atomic E-state index is 0.114. The smallest absolute Gasteiger partial charge is 0.350 e. The number of aliphatic hydroxyl groups excluding tert-OH is 1. The molecule has 0 spiro atoms. The lowest BCUT2D eigenvalue weighted by Gasteiger charge is -2.24. The lowest BCUT2D eigenvalue weighted by atomic mass is 9.95. The Hall–Kier alpha value is -5.16.